The molecule has 3 N–H and O–H groups in total. The van der Waals surface area contributed by atoms with Crippen molar-refractivity contribution in [2.75, 3.05) is 5.73 Å². The molecule has 0 aliphatic carbocycles. The molecule has 0 aromatic heterocycles. The summed E-state index contributed by atoms with van der Waals surface area (Å²) in [5, 5.41) is 9.03. The summed E-state index contributed by atoms with van der Waals surface area (Å²) in [6.07, 6.45) is 0. The van der Waals surface area contributed by atoms with E-state index in [0.29, 0.717) is 5.56 Å². The predicted octanol–water partition coefficient (Wildman–Crippen LogP) is 2.19. The zero-order valence-electron chi connectivity index (χ0n) is 9.87. The Morgan fingerprint density at radius 2 is 1.68 bits per heavy atom. The fourth-order valence-corrected chi connectivity index (χ4v) is 1.56. The van der Waals surface area contributed by atoms with Crippen molar-refractivity contribution in [3.63, 3.8) is 0 Å². The number of nitrogens with two attached hydrogens (primary N) is 1. The van der Waals surface area contributed by atoms with E-state index in [1.165, 1.54) is 18.2 Å². The number of para-hydroxylation sites is 1. The van der Waals surface area contributed by atoms with E-state index in [-0.39, 0.29) is 17.0 Å². The Bertz CT molecular complexity index is 623. The van der Waals surface area contributed by atoms with Crippen molar-refractivity contribution < 1.29 is 19.4 Å². The third-order valence-electron chi connectivity index (χ3n) is 2.48. The highest BCUT2D eigenvalue weighted by Gasteiger charge is 2.18. The predicted molar refractivity (Wildman–Crippen MR) is 69.2 cm³/mol. The molecule has 0 saturated heterocycles. The lowest BCUT2D eigenvalue weighted by molar-refractivity contribution is 0.0682. The summed E-state index contributed by atoms with van der Waals surface area (Å²) in [5.41, 5.74) is 5.92. The van der Waals surface area contributed by atoms with Crippen molar-refractivity contribution in [3.8, 4) is 5.75 Å². The third-order valence-corrected chi connectivity index (χ3v) is 2.48. The topological polar surface area (TPSA) is 89.6 Å². The summed E-state index contributed by atoms with van der Waals surface area (Å²) < 4.78 is 5.08. The number of hydrogen-bond acceptors (Lipinski definition) is 4. The van der Waals surface area contributed by atoms with Gasteiger partial charge in [-0.25, -0.2) is 9.59 Å². The quantitative estimate of drug-likeness (QED) is 0.499. The minimum absolute atomic E-state index is 0.101. The van der Waals surface area contributed by atoms with Gasteiger partial charge in [-0.15, -0.1) is 0 Å². The van der Waals surface area contributed by atoms with Crippen LogP contribution in [0.5, 0.6) is 5.75 Å². The van der Waals surface area contributed by atoms with Crippen LogP contribution in [-0.2, 0) is 0 Å². The number of carbonyl (C=O) groups excluding carboxylic acids is 1. The zero-order chi connectivity index (χ0) is 13.8. The number of benzene rings is 2. The average Bonchev–Trinajstić information content (AvgIpc) is 2.41. The smallest absolute Gasteiger partial charge is 0.343 e. The van der Waals surface area contributed by atoms with Crippen LogP contribution in [-0.4, -0.2) is 17.0 Å². The molecule has 0 bridgehead atoms. The molecular weight excluding hydrogens is 246 g/mol. The summed E-state index contributed by atoms with van der Waals surface area (Å²) in [5.74, 6) is -1.99. The van der Waals surface area contributed by atoms with Crippen LogP contribution in [0.25, 0.3) is 0 Å². The molecule has 5 nitrogen and oxygen atoms in total. The van der Waals surface area contributed by atoms with Gasteiger partial charge in [-0.3, -0.25) is 0 Å². The highest BCUT2D eigenvalue weighted by atomic mass is 16.5. The number of anilines is 1. The molecule has 0 radical (unpaired) electrons. The highest BCUT2D eigenvalue weighted by Crippen LogP contribution is 2.27. The van der Waals surface area contributed by atoms with Gasteiger partial charge in [0, 0.05) is 0 Å². The molecule has 0 heterocycles. The van der Waals surface area contributed by atoms with E-state index in [9.17, 15) is 9.59 Å². The monoisotopic (exact) mass is 257 g/mol. The number of carboxylic acids is 1. The van der Waals surface area contributed by atoms with E-state index in [0.717, 1.165) is 0 Å². The van der Waals surface area contributed by atoms with Gasteiger partial charge in [-0.1, -0.05) is 24.3 Å². The van der Waals surface area contributed by atoms with Gasteiger partial charge in [-0.2, -0.15) is 0 Å². The summed E-state index contributed by atoms with van der Waals surface area (Å²) in [6.45, 7) is 0. The van der Waals surface area contributed by atoms with Gasteiger partial charge in [0.2, 0.25) is 0 Å². The van der Waals surface area contributed by atoms with Crippen LogP contribution >= 0.6 is 0 Å². The van der Waals surface area contributed by atoms with Crippen LogP contribution in [0.4, 0.5) is 5.69 Å². The SMILES string of the molecule is Nc1cccc(C(=O)O)c1OC(=O)c1ccccc1. The maximum atomic E-state index is 11.9. The maximum absolute atomic E-state index is 11.9. The molecule has 0 aliphatic heterocycles. The molecule has 5 heteroatoms. The molecule has 96 valence electrons. The summed E-state index contributed by atoms with van der Waals surface area (Å²) in [7, 11) is 0. The second kappa shape index (κ2) is 5.22. The number of carboxylic acid groups (broad SMARTS) is 1. The van der Waals surface area contributed by atoms with Crippen molar-refractivity contribution in [1.82, 2.24) is 0 Å². The third kappa shape index (κ3) is 2.71. The molecular formula is C14H11NO4. The fraction of sp³-hybridized carbons (Fsp3) is 0. The Balaban J connectivity index is 2.34. The molecule has 2 rings (SSSR count). The Morgan fingerprint density at radius 1 is 1.00 bits per heavy atom. The molecule has 0 atom stereocenters. The molecule has 0 amide bonds. The zero-order valence-corrected chi connectivity index (χ0v) is 9.87. The summed E-state index contributed by atoms with van der Waals surface area (Å²) in [6, 6.07) is 12.6. The van der Waals surface area contributed by atoms with Gasteiger partial charge in [0.15, 0.2) is 5.75 Å². The van der Waals surface area contributed by atoms with E-state index in [4.69, 9.17) is 15.6 Å². The van der Waals surface area contributed by atoms with Crippen molar-refractivity contribution in [2.45, 2.75) is 0 Å². The Hall–Kier alpha value is -2.82. The standard InChI is InChI=1S/C14H11NO4/c15-11-8-4-7-10(13(16)17)12(11)19-14(18)9-5-2-1-3-6-9/h1-8H,15H2,(H,16,17). The molecule has 0 unspecified atom stereocenters. The molecule has 0 saturated carbocycles. The number of esters is 1. The van der Waals surface area contributed by atoms with Gasteiger partial charge in [0.1, 0.15) is 5.56 Å². The molecule has 0 spiro atoms. The normalized spacial score (nSPS) is 9.89. The number of rotatable bonds is 3. The molecule has 0 aliphatic rings. The minimum atomic E-state index is -1.21. The number of carbonyl (C=O) groups is 2. The maximum Gasteiger partial charge on any atom is 0.343 e. The second-order valence-corrected chi connectivity index (χ2v) is 3.78. The van der Waals surface area contributed by atoms with E-state index in [2.05, 4.69) is 0 Å². The highest BCUT2D eigenvalue weighted by molar-refractivity contribution is 5.97. The Labute approximate surface area is 109 Å². The van der Waals surface area contributed by atoms with Crippen LogP contribution in [0.2, 0.25) is 0 Å². The van der Waals surface area contributed by atoms with Gasteiger partial charge in [0.05, 0.1) is 11.3 Å². The lowest BCUT2D eigenvalue weighted by Gasteiger charge is -2.09. The lowest BCUT2D eigenvalue weighted by atomic mass is 10.1. The Kier molecular flexibility index (Phi) is 3.47. The first-order chi connectivity index (χ1) is 9.09. The lowest BCUT2D eigenvalue weighted by Crippen LogP contribution is -2.13. The number of nitrogen functional groups attached to an aromatic ring is 1. The number of ether oxygens (including phenoxy) is 1. The largest absolute Gasteiger partial charge is 0.478 e. The van der Waals surface area contributed by atoms with E-state index < -0.39 is 11.9 Å². The van der Waals surface area contributed by atoms with E-state index in [1.807, 2.05) is 0 Å². The minimum Gasteiger partial charge on any atom is -0.478 e. The first-order valence-electron chi connectivity index (χ1n) is 5.48. The summed E-state index contributed by atoms with van der Waals surface area (Å²) in [4.78, 5) is 22.9. The number of hydrogen-bond donors (Lipinski definition) is 2. The van der Waals surface area contributed by atoms with Crippen molar-refractivity contribution in [2.24, 2.45) is 0 Å². The van der Waals surface area contributed by atoms with Gasteiger partial charge >= 0.3 is 11.9 Å². The molecule has 2 aromatic carbocycles. The van der Waals surface area contributed by atoms with Crippen molar-refractivity contribution in [3.05, 3.63) is 59.7 Å². The first-order valence-corrected chi connectivity index (χ1v) is 5.48. The second-order valence-electron chi connectivity index (χ2n) is 3.78. The molecule has 19 heavy (non-hydrogen) atoms. The van der Waals surface area contributed by atoms with Gasteiger partial charge < -0.3 is 15.6 Å². The molecule has 0 fully saturated rings. The first kappa shape index (κ1) is 12.6. The van der Waals surface area contributed by atoms with Crippen molar-refractivity contribution >= 4 is 17.6 Å². The van der Waals surface area contributed by atoms with E-state index >= 15 is 0 Å². The number of aromatic carboxylic acids is 1. The molecule has 2 aromatic rings. The van der Waals surface area contributed by atoms with Crippen LogP contribution in [0.3, 0.4) is 0 Å². The van der Waals surface area contributed by atoms with Crippen LogP contribution < -0.4 is 10.5 Å². The van der Waals surface area contributed by atoms with Crippen LogP contribution in [0, 0.1) is 0 Å². The summed E-state index contributed by atoms with van der Waals surface area (Å²) >= 11 is 0. The van der Waals surface area contributed by atoms with Crippen molar-refractivity contribution in [1.29, 1.82) is 0 Å². The van der Waals surface area contributed by atoms with E-state index in [1.54, 1.807) is 30.3 Å². The van der Waals surface area contributed by atoms with Gasteiger partial charge in [-0.05, 0) is 24.3 Å². The fourth-order valence-electron chi connectivity index (χ4n) is 1.56. The Morgan fingerprint density at radius 3 is 2.32 bits per heavy atom. The van der Waals surface area contributed by atoms with Gasteiger partial charge in [0.25, 0.3) is 0 Å². The van der Waals surface area contributed by atoms with Crippen LogP contribution in [0.1, 0.15) is 20.7 Å². The van der Waals surface area contributed by atoms with Crippen LogP contribution in [0.15, 0.2) is 48.5 Å². The average molecular weight is 257 g/mol.